The number of urea groups is 1. The average Bonchev–Trinajstić information content (AvgIpc) is 3.28. The summed E-state index contributed by atoms with van der Waals surface area (Å²) in [5.74, 6) is 0.880. The third kappa shape index (κ3) is 5.72. The zero-order valence-electron chi connectivity index (χ0n) is 18.2. The van der Waals surface area contributed by atoms with Crippen LogP contribution in [0, 0.1) is 0 Å². The van der Waals surface area contributed by atoms with Crippen LogP contribution in [0.4, 0.5) is 4.79 Å². The SMILES string of the molecule is CCOc1ccc(C2CCCN2C(=O)NC2CCN(Cc3ccc(Cl)cc3)CC2)cc1. The van der Waals surface area contributed by atoms with Gasteiger partial charge in [0.05, 0.1) is 12.6 Å². The molecule has 0 radical (unpaired) electrons. The van der Waals surface area contributed by atoms with E-state index in [4.69, 9.17) is 16.3 Å². The number of nitrogens with one attached hydrogen (secondary N) is 1. The summed E-state index contributed by atoms with van der Waals surface area (Å²) in [6, 6.07) is 16.7. The molecule has 0 aromatic heterocycles. The van der Waals surface area contributed by atoms with E-state index in [1.807, 2.05) is 36.1 Å². The monoisotopic (exact) mass is 441 g/mol. The van der Waals surface area contributed by atoms with E-state index in [-0.39, 0.29) is 18.1 Å². The number of benzene rings is 2. The first-order chi connectivity index (χ1) is 15.1. The van der Waals surface area contributed by atoms with Crippen molar-refractivity contribution in [1.82, 2.24) is 15.1 Å². The third-order valence-corrected chi connectivity index (χ3v) is 6.58. The predicted molar refractivity (Wildman–Crippen MR) is 125 cm³/mol. The largest absolute Gasteiger partial charge is 0.494 e. The lowest BCUT2D eigenvalue weighted by atomic mass is 10.0. The van der Waals surface area contributed by atoms with Gasteiger partial charge in [-0.2, -0.15) is 0 Å². The third-order valence-electron chi connectivity index (χ3n) is 6.32. The normalized spacial score (nSPS) is 20.1. The van der Waals surface area contributed by atoms with Gasteiger partial charge in [0.25, 0.3) is 0 Å². The lowest BCUT2D eigenvalue weighted by Gasteiger charge is -2.34. The lowest BCUT2D eigenvalue weighted by Crippen LogP contribution is -2.48. The molecule has 2 aromatic rings. The van der Waals surface area contributed by atoms with E-state index in [1.54, 1.807) is 0 Å². The van der Waals surface area contributed by atoms with E-state index in [2.05, 4.69) is 34.5 Å². The Labute approximate surface area is 190 Å². The summed E-state index contributed by atoms with van der Waals surface area (Å²) in [6.07, 6.45) is 4.04. The fourth-order valence-electron chi connectivity index (χ4n) is 4.65. The molecule has 0 saturated carbocycles. The Morgan fingerprint density at radius 1 is 1.03 bits per heavy atom. The number of rotatable bonds is 6. The highest BCUT2D eigenvalue weighted by molar-refractivity contribution is 6.30. The molecule has 166 valence electrons. The van der Waals surface area contributed by atoms with Gasteiger partial charge in [-0.1, -0.05) is 35.9 Å². The molecule has 2 heterocycles. The van der Waals surface area contributed by atoms with Gasteiger partial charge in [0.2, 0.25) is 0 Å². The number of hydrogen-bond donors (Lipinski definition) is 1. The van der Waals surface area contributed by atoms with E-state index in [0.29, 0.717) is 6.61 Å². The Kier molecular flexibility index (Phi) is 7.36. The Balaban J connectivity index is 1.27. The van der Waals surface area contributed by atoms with E-state index in [9.17, 15) is 4.79 Å². The zero-order chi connectivity index (χ0) is 21.6. The van der Waals surface area contributed by atoms with Crippen LogP contribution in [0.3, 0.4) is 0 Å². The highest BCUT2D eigenvalue weighted by Gasteiger charge is 2.31. The van der Waals surface area contributed by atoms with Crippen molar-refractivity contribution in [3.8, 4) is 5.75 Å². The Morgan fingerprint density at radius 2 is 1.74 bits per heavy atom. The molecule has 5 nitrogen and oxygen atoms in total. The zero-order valence-corrected chi connectivity index (χ0v) is 19.0. The minimum atomic E-state index is 0.0764. The highest BCUT2D eigenvalue weighted by atomic mass is 35.5. The summed E-state index contributed by atoms with van der Waals surface area (Å²) >= 11 is 5.98. The van der Waals surface area contributed by atoms with Gasteiger partial charge in [-0.3, -0.25) is 4.90 Å². The van der Waals surface area contributed by atoms with Crippen molar-refractivity contribution in [1.29, 1.82) is 0 Å². The number of likely N-dealkylation sites (tertiary alicyclic amines) is 2. The van der Waals surface area contributed by atoms with Crippen molar-refractivity contribution in [3.63, 3.8) is 0 Å². The van der Waals surface area contributed by atoms with Crippen molar-refractivity contribution < 1.29 is 9.53 Å². The molecule has 0 aliphatic carbocycles. The molecule has 1 atom stereocenters. The summed E-state index contributed by atoms with van der Waals surface area (Å²) in [5, 5.41) is 4.08. The van der Waals surface area contributed by atoms with Gasteiger partial charge in [0.1, 0.15) is 5.75 Å². The Hall–Kier alpha value is -2.24. The second-order valence-corrected chi connectivity index (χ2v) is 8.92. The molecule has 2 fully saturated rings. The summed E-state index contributed by atoms with van der Waals surface area (Å²) < 4.78 is 5.55. The van der Waals surface area contributed by atoms with Gasteiger partial charge in [-0.25, -0.2) is 4.79 Å². The number of carbonyl (C=O) groups excluding carboxylic acids is 1. The first kappa shape index (κ1) is 22.0. The number of halogens is 1. The first-order valence-electron chi connectivity index (χ1n) is 11.4. The molecular formula is C25H32ClN3O2. The van der Waals surface area contributed by atoms with Crippen LogP contribution in [-0.2, 0) is 6.54 Å². The van der Waals surface area contributed by atoms with E-state index >= 15 is 0 Å². The van der Waals surface area contributed by atoms with Gasteiger partial charge in [-0.15, -0.1) is 0 Å². The van der Waals surface area contributed by atoms with Crippen molar-refractivity contribution >= 4 is 17.6 Å². The van der Waals surface area contributed by atoms with Crippen LogP contribution in [0.15, 0.2) is 48.5 Å². The van der Waals surface area contributed by atoms with Crippen LogP contribution in [0.2, 0.25) is 5.02 Å². The molecular weight excluding hydrogens is 410 g/mol. The van der Waals surface area contributed by atoms with Crippen LogP contribution in [-0.4, -0.2) is 48.1 Å². The maximum Gasteiger partial charge on any atom is 0.318 e. The minimum absolute atomic E-state index is 0.0764. The topological polar surface area (TPSA) is 44.8 Å². The fourth-order valence-corrected chi connectivity index (χ4v) is 4.78. The standard InChI is InChI=1S/C25H32ClN3O2/c1-2-31-23-11-7-20(8-12-23)24-4-3-15-29(24)25(30)27-22-13-16-28(17-14-22)18-19-5-9-21(26)10-6-19/h5-12,22,24H,2-4,13-18H2,1H3,(H,27,30). The number of ether oxygens (including phenoxy) is 1. The number of hydrogen-bond acceptors (Lipinski definition) is 3. The number of nitrogens with zero attached hydrogens (tertiary/aromatic N) is 2. The molecule has 0 spiro atoms. The van der Waals surface area contributed by atoms with E-state index in [1.165, 1.54) is 11.1 Å². The van der Waals surface area contributed by atoms with Crippen LogP contribution < -0.4 is 10.1 Å². The molecule has 1 unspecified atom stereocenters. The van der Waals surface area contributed by atoms with E-state index < -0.39 is 0 Å². The fraction of sp³-hybridized carbons (Fsp3) is 0.480. The summed E-state index contributed by atoms with van der Waals surface area (Å²) in [4.78, 5) is 17.5. The quantitative estimate of drug-likeness (QED) is 0.665. The van der Waals surface area contributed by atoms with Gasteiger partial charge in [-0.05, 0) is 68.0 Å². The lowest BCUT2D eigenvalue weighted by molar-refractivity contribution is 0.166. The average molecular weight is 442 g/mol. The second kappa shape index (κ2) is 10.4. The molecule has 0 bridgehead atoms. The minimum Gasteiger partial charge on any atom is -0.494 e. The molecule has 2 aliphatic heterocycles. The van der Waals surface area contributed by atoms with Crippen LogP contribution in [0.1, 0.15) is 49.8 Å². The molecule has 6 heteroatoms. The Bertz CT molecular complexity index is 848. The maximum atomic E-state index is 13.0. The highest BCUT2D eigenvalue weighted by Crippen LogP contribution is 2.33. The molecule has 2 amide bonds. The van der Waals surface area contributed by atoms with Crippen LogP contribution in [0.25, 0.3) is 0 Å². The van der Waals surface area contributed by atoms with Gasteiger partial charge >= 0.3 is 6.03 Å². The van der Waals surface area contributed by atoms with Gasteiger partial charge < -0.3 is 15.0 Å². The van der Waals surface area contributed by atoms with E-state index in [0.717, 1.165) is 62.6 Å². The molecule has 1 N–H and O–H groups in total. The Morgan fingerprint density at radius 3 is 2.42 bits per heavy atom. The number of amides is 2. The summed E-state index contributed by atoms with van der Waals surface area (Å²) in [5.41, 5.74) is 2.47. The smallest absolute Gasteiger partial charge is 0.318 e. The van der Waals surface area contributed by atoms with Crippen molar-refractivity contribution in [2.45, 2.75) is 51.2 Å². The summed E-state index contributed by atoms with van der Waals surface area (Å²) in [6.45, 7) is 6.39. The van der Waals surface area contributed by atoms with Crippen molar-refractivity contribution in [2.24, 2.45) is 0 Å². The molecule has 2 saturated heterocycles. The van der Waals surface area contributed by atoms with Gasteiger partial charge in [0, 0.05) is 37.2 Å². The van der Waals surface area contributed by atoms with Crippen molar-refractivity contribution in [3.05, 3.63) is 64.7 Å². The van der Waals surface area contributed by atoms with Gasteiger partial charge in [0.15, 0.2) is 0 Å². The number of carbonyl (C=O) groups is 1. The van der Waals surface area contributed by atoms with Crippen molar-refractivity contribution in [2.75, 3.05) is 26.2 Å². The molecule has 2 aliphatic rings. The first-order valence-corrected chi connectivity index (χ1v) is 11.8. The van der Waals surface area contributed by atoms with Crippen LogP contribution in [0.5, 0.6) is 5.75 Å². The molecule has 31 heavy (non-hydrogen) atoms. The second-order valence-electron chi connectivity index (χ2n) is 8.48. The molecule has 4 rings (SSSR count). The molecule has 2 aromatic carbocycles. The number of piperidine rings is 1. The van der Waals surface area contributed by atoms with Crippen LogP contribution >= 0.6 is 11.6 Å². The predicted octanol–water partition coefficient (Wildman–Crippen LogP) is 5.25. The summed E-state index contributed by atoms with van der Waals surface area (Å²) in [7, 11) is 0. The maximum absolute atomic E-state index is 13.0.